The van der Waals surface area contributed by atoms with Gasteiger partial charge < -0.3 is 20.5 Å². The summed E-state index contributed by atoms with van der Waals surface area (Å²) in [6.45, 7) is 7.95. The second-order valence-corrected chi connectivity index (χ2v) is 10.1. The van der Waals surface area contributed by atoms with Crippen LogP contribution in [-0.4, -0.2) is 40.4 Å². The number of aliphatic carboxylic acids is 1. The molecule has 6 nitrogen and oxygen atoms in total. The highest BCUT2D eigenvalue weighted by atomic mass is 16.5. The van der Waals surface area contributed by atoms with E-state index in [0.717, 1.165) is 22.3 Å². The van der Waals surface area contributed by atoms with Crippen LogP contribution in [0.4, 0.5) is 4.79 Å². The van der Waals surface area contributed by atoms with E-state index in [1.807, 2.05) is 52.0 Å². The molecule has 164 valence electrons. The first-order valence-corrected chi connectivity index (χ1v) is 10.7. The molecule has 1 fully saturated rings. The van der Waals surface area contributed by atoms with Crippen molar-refractivity contribution in [1.82, 2.24) is 10.6 Å². The van der Waals surface area contributed by atoms with Crippen molar-refractivity contribution in [2.45, 2.75) is 63.1 Å². The van der Waals surface area contributed by atoms with Crippen molar-refractivity contribution >= 4 is 12.1 Å². The van der Waals surface area contributed by atoms with Crippen LogP contribution in [0.3, 0.4) is 0 Å². The van der Waals surface area contributed by atoms with Crippen LogP contribution in [0.15, 0.2) is 48.5 Å². The number of carbonyl (C=O) groups excluding carboxylic acids is 1. The molecule has 0 saturated carbocycles. The summed E-state index contributed by atoms with van der Waals surface area (Å²) in [6.07, 6.45) is -0.163. The van der Waals surface area contributed by atoms with Crippen molar-refractivity contribution < 1.29 is 19.4 Å². The fourth-order valence-corrected chi connectivity index (χ4v) is 5.70. The Morgan fingerprint density at radius 1 is 0.968 bits per heavy atom. The van der Waals surface area contributed by atoms with E-state index in [2.05, 4.69) is 34.9 Å². The van der Waals surface area contributed by atoms with Crippen LogP contribution in [0.1, 0.15) is 57.6 Å². The van der Waals surface area contributed by atoms with Gasteiger partial charge in [-0.1, -0.05) is 48.5 Å². The molecule has 2 aliphatic rings. The van der Waals surface area contributed by atoms with Crippen molar-refractivity contribution in [3.8, 4) is 11.1 Å². The van der Waals surface area contributed by atoms with E-state index in [1.165, 1.54) is 0 Å². The minimum absolute atomic E-state index is 0.0696. The van der Waals surface area contributed by atoms with Gasteiger partial charge in [0.05, 0.1) is 0 Å². The topological polar surface area (TPSA) is 87.7 Å². The predicted octanol–water partition coefficient (Wildman–Crippen LogP) is 4.29. The Hall–Kier alpha value is -2.86. The van der Waals surface area contributed by atoms with Crippen molar-refractivity contribution in [2.75, 3.05) is 6.61 Å². The number of fused-ring (bicyclic) bond motifs is 3. The van der Waals surface area contributed by atoms with Gasteiger partial charge in [0.15, 0.2) is 0 Å². The van der Waals surface area contributed by atoms with E-state index in [4.69, 9.17) is 4.74 Å². The monoisotopic (exact) mass is 422 g/mol. The molecule has 6 heteroatoms. The number of carboxylic acids is 1. The third-order valence-corrected chi connectivity index (χ3v) is 6.26. The first-order chi connectivity index (χ1) is 14.5. The molecule has 1 heterocycles. The lowest BCUT2D eigenvalue weighted by Crippen LogP contribution is -2.70. The predicted molar refractivity (Wildman–Crippen MR) is 119 cm³/mol. The summed E-state index contributed by atoms with van der Waals surface area (Å²) in [4.78, 5) is 25.1. The summed E-state index contributed by atoms with van der Waals surface area (Å²) in [6, 6.07) is 16.2. The lowest BCUT2D eigenvalue weighted by Gasteiger charge is -2.50. The van der Waals surface area contributed by atoms with E-state index in [1.54, 1.807) is 0 Å². The maximum absolute atomic E-state index is 12.8. The summed E-state index contributed by atoms with van der Waals surface area (Å²) >= 11 is 0. The van der Waals surface area contributed by atoms with Crippen LogP contribution in [-0.2, 0) is 9.53 Å². The van der Waals surface area contributed by atoms with Gasteiger partial charge in [-0.05, 0) is 62.8 Å². The molecule has 0 radical (unpaired) electrons. The number of hydrogen-bond acceptors (Lipinski definition) is 4. The minimum atomic E-state index is -1.39. The Balaban J connectivity index is 1.52. The first kappa shape index (κ1) is 21.4. The fourth-order valence-electron chi connectivity index (χ4n) is 5.70. The number of carbonyl (C=O) groups is 2. The Bertz CT molecular complexity index is 966. The third-order valence-electron chi connectivity index (χ3n) is 6.26. The van der Waals surface area contributed by atoms with E-state index in [0.29, 0.717) is 0 Å². The second-order valence-electron chi connectivity index (χ2n) is 10.1. The van der Waals surface area contributed by atoms with Crippen LogP contribution >= 0.6 is 0 Å². The average molecular weight is 423 g/mol. The van der Waals surface area contributed by atoms with Crippen molar-refractivity contribution in [2.24, 2.45) is 0 Å². The molecule has 0 spiro atoms. The Kier molecular flexibility index (Phi) is 5.09. The van der Waals surface area contributed by atoms with Gasteiger partial charge in [-0.25, -0.2) is 9.59 Å². The summed E-state index contributed by atoms with van der Waals surface area (Å²) in [5.41, 5.74) is 2.25. The molecular weight excluding hydrogens is 392 g/mol. The summed E-state index contributed by atoms with van der Waals surface area (Å²) in [5, 5.41) is 16.2. The first-order valence-electron chi connectivity index (χ1n) is 10.7. The maximum atomic E-state index is 12.8. The molecule has 0 bridgehead atoms. The quantitative estimate of drug-likeness (QED) is 0.684. The lowest BCUT2D eigenvalue weighted by atomic mass is 9.71. The second kappa shape index (κ2) is 7.38. The van der Waals surface area contributed by atoms with E-state index < -0.39 is 28.7 Å². The highest BCUT2D eigenvalue weighted by Gasteiger charge is 2.53. The van der Waals surface area contributed by atoms with Crippen LogP contribution in [0.2, 0.25) is 0 Å². The largest absolute Gasteiger partial charge is 0.480 e. The van der Waals surface area contributed by atoms with Gasteiger partial charge in [0, 0.05) is 17.0 Å². The standard InChI is InChI=1S/C25H30N2O4/c1-23(2)14-25(21(28)29,15-24(3,4)27-23)26-22(30)31-13-20-18-11-7-5-9-16(18)17-10-6-8-12-19(17)20/h5-12,20,27H,13-15H2,1-4H3,(H,26,30)(H,28,29). The lowest BCUT2D eigenvalue weighted by molar-refractivity contribution is -0.149. The van der Waals surface area contributed by atoms with Crippen molar-refractivity contribution in [1.29, 1.82) is 0 Å². The SMILES string of the molecule is CC1(C)CC(NC(=O)OCC2c3ccccc3-c3ccccc32)(C(=O)O)CC(C)(C)N1. The summed E-state index contributed by atoms with van der Waals surface area (Å²) in [5.74, 6) is -1.11. The van der Waals surface area contributed by atoms with Crippen LogP contribution in [0, 0.1) is 0 Å². The molecule has 0 aromatic heterocycles. The van der Waals surface area contributed by atoms with Gasteiger partial charge in [-0.15, -0.1) is 0 Å². The summed E-state index contributed by atoms with van der Waals surface area (Å²) in [7, 11) is 0. The Morgan fingerprint density at radius 2 is 1.45 bits per heavy atom. The average Bonchev–Trinajstić information content (AvgIpc) is 2.97. The van der Waals surface area contributed by atoms with Crippen molar-refractivity contribution in [3.63, 3.8) is 0 Å². The molecule has 1 amide bonds. The molecule has 0 atom stereocenters. The number of rotatable bonds is 4. The molecular formula is C25H30N2O4. The van der Waals surface area contributed by atoms with Crippen LogP contribution < -0.4 is 10.6 Å². The van der Waals surface area contributed by atoms with Gasteiger partial charge in [0.25, 0.3) is 0 Å². The minimum Gasteiger partial charge on any atom is -0.480 e. The molecule has 1 aliphatic carbocycles. The van der Waals surface area contributed by atoms with Crippen LogP contribution in [0.5, 0.6) is 0 Å². The van der Waals surface area contributed by atoms with Gasteiger partial charge in [0.2, 0.25) is 0 Å². The molecule has 2 aromatic rings. The fraction of sp³-hybridized carbons (Fsp3) is 0.440. The van der Waals surface area contributed by atoms with Gasteiger partial charge in [-0.3, -0.25) is 0 Å². The van der Waals surface area contributed by atoms with E-state index >= 15 is 0 Å². The number of nitrogens with one attached hydrogen (secondary N) is 2. The zero-order valence-electron chi connectivity index (χ0n) is 18.5. The summed E-state index contributed by atoms with van der Waals surface area (Å²) < 4.78 is 5.62. The number of benzene rings is 2. The van der Waals surface area contributed by atoms with Gasteiger partial charge in [0.1, 0.15) is 12.1 Å². The smallest absolute Gasteiger partial charge is 0.408 e. The number of piperidine rings is 1. The van der Waals surface area contributed by atoms with E-state index in [9.17, 15) is 14.7 Å². The third kappa shape index (κ3) is 4.04. The molecule has 2 aromatic carbocycles. The van der Waals surface area contributed by atoms with Gasteiger partial charge in [-0.2, -0.15) is 0 Å². The van der Waals surface area contributed by atoms with Crippen molar-refractivity contribution in [3.05, 3.63) is 59.7 Å². The number of hydrogen-bond donors (Lipinski definition) is 3. The molecule has 3 N–H and O–H groups in total. The number of carboxylic acid groups (broad SMARTS) is 1. The molecule has 4 rings (SSSR count). The Morgan fingerprint density at radius 3 is 1.94 bits per heavy atom. The zero-order chi connectivity index (χ0) is 22.4. The number of amides is 1. The number of alkyl carbamates (subject to hydrolysis) is 1. The Labute approximate surface area is 183 Å². The maximum Gasteiger partial charge on any atom is 0.408 e. The molecule has 0 unspecified atom stereocenters. The van der Waals surface area contributed by atoms with Gasteiger partial charge >= 0.3 is 12.1 Å². The number of ether oxygens (including phenoxy) is 1. The molecule has 31 heavy (non-hydrogen) atoms. The van der Waals surface area contributed by atoms with Crippen LogP contribution in [0.25, 0.3) is 11.1 Å². The highest BCUT2D eigenvalue weighted by Crippen LogP contribution is 2.44. The molecule has 1 saturated heterocycles. The normalized spacial score (nSPS) is 20.4. The van der Waals surface area contributed by atoms with E-state index in [-0.39, 0.29) is 25.4 Å². The zero-order valence-corrected chi connectivity index (χ0v) is 18.5. The highest BCUT2D eigenvalue weighted by molar-refractivity contribution is 5.85. The molecule has 1 aliphatic heterocycles.